The predicted octanol–water partition coefficient (Wildman–Crippen LogP) is 1.89. The van der Waals surface area contributed by atoms with Crippen molar-refractivity contribution in [1.29, 1.82) is 0 Å². The molecule has 0 fully saturated rings. The molecule has 0 aliphatic rings. The largest absolute Gasteiger partial charge is 0.465 e. The molecule has 0 amide bonds. The molecule has 4 nitrogen and oxygen atoms in total. The van der Waals surface area contributed by atoms with Crippen LogP contribution in [0.1, 0.15) is 10.4 Å². The quantitative estimate of drug-likeness (QED) is 0.575. The lowest BCUT2D eigenvalue weighted by Gasteiger charge is -2.01. The third-order valence-electron chi connectivity index (χ3n) is 2.19. The summed E-state index contributed by atoms with van der Waals surface area (Å²) < 4.78 is 6.69. The highest BCUT2D eigenvalue weighted by Crippen LogP contribution is 2.21. The maximum Gasteiger partial charge on any atom is 0.339 e. The summed E-state index contributed by atoms with van der Waals surface area (Å²) in [5, 5.41) is 0.965. The molecule has 0 saturated heterocycles. The van der Waals surface area contributed by atoms with Crippen molar-refractivity contribution in [3.05, 3.63) is 30.1 Å². The minimum Gasteiger partial charge on any atom is -0.465 e. The molecule has 0 aromatic carbocycles. The zero-order chi connectivity index (χ0) is 10.8. The smallest absolute Gasteiger partial charge is 0.339 e. The fourth-order valence-electron chi connectivity index (χ4n) is 1.43. The molecule has 2 aromatic rings. The maximum atomic E-state index is 11.3. The van der Waals surface area contributed by atoms with Crippen LogP contribution in [0.3, 0.4) is 0 Å². The van der Waals surface area contributed by atoms with Gasteiger partial charge in [0, 0.05) is 17.8 Å². The molecule has 1 atom stereocenters. The van der Waals surface area contributed by atoms with E-state index in [1.54, 1.807) is 12.3 Å². The van der Waals surface area contributed by atoms with Gasteiger partial charge in [-0.3, -0.25) is 0 Å². The highest BCUT2D eigenvalue weighted by Gasteiger charge is 2.08. The number of hydrogen-bond acceptors (Lipinski definition) is 3. The van der Waals surface area contributed by atoms with Crippen molar-refractivity contribution in [2.24, 2.45) is 0 Å². The third-order valence-corrected chi connectivity index (χ3v) is 3.03. The lowest BCUT2D eigenvalue weighted by Crippen LogP contribution is -2.01. The van der Waals surface area contributed by atoms with Crippen LogP contribution >= 0.6 is 8.73 Å². The molecule has 2 heterocycles. The number of hydrogen-bond donors (Lipinski definition) is 0. The van der Waals surface area contributed by atoms with Crippen LogP contribution < -0.4 is 0 Å². The number of carbonyl (C=O) groups is 1. The summed E-state index contributed by atoms with van der Waals surface area (Å²) in [7, 11) is 2.00. The minimum absolute atomic E-state index is 0.351. The second-order valence-corrected chi connectivity index (χ2v) is 3.97. The van der Waals surface area contributed by atoms with Gasteiger partial charge in [-0.2, -0.15) is 0 Å². The molecule has 2 rings (SSSR count). The summed E-state index contributed by atoms with van der Waals surface area (Å²) in [6, 6.07) is 3.75. The minimum atomic E-state index is -0.351. The van der Waals surface area contributed by atoms with E-state index in [1.165, 1.54) is 7.11 Å². The first kappa shape index (κ1) is 10.1. The van der Waals surface area contributed by atoms with Gasteiger partial charge in [-0.05, 0) is 27.5 Å². The number of methoxy groups -OCH3 is 1. The van der Waals surface area contributed by atoms with E-state index in [-0.39, 0.29) is 5.97 Å². The van der Waals surface area contributed by atoms with Crippen molar-refractivity contribution in [3.8, 4) is 0 Å². The zero-order valence-electron chi connectivity index (χ0n) is 8.52. The standard InChI is InChI=1S/C10H11N2O2P/c1-14-10(13)8-5-7-3-4-12(15-2)9(7)11-6-8/h3-6,15H,1-2H3. The van der Waals surface area contributed by atoms with E-state index in [1.807, 2.05) is 12.3 Å². The van der Waals surface area contributed by atoms with E-state index in [0.29, 0.717) is 14.3 Å². The normalized spacial score (nSPS) is 11.3. The first-order chi connectivity index (χ1) is 7.26. The Balaban J connectivity index is 2.53. The van der Waals surface area contributed by atoms with Gasteiger partial charge < -0.3 is 9.07 Å². The molecule has 0 saturated carbocycles. The van der Waals surface area contributed by atoms with E-state index in [0.717, 1.165) is 11.0 Å². The summed E-state index contributed by atoms with van der Waals surface area (Å²) >= 11 is 0. The van der Waals surface area contributed by atoms with Crippen LogP contribution in [0.15, 0.2) is 24.5 Å². The molecule has 0 spiro atoms. The number of carbonyl (C=O) groups excluding carboxylic acids is 1. The molecule has 5 heteroatoms. The monoisotopic (exact) mass is 222 g/mol. The van der Waals surface area contributed by atoms with Crippen molar-refractivity contribution in [3.63, 3.8) is 0 Å². The molecule has 0 aliphatic carbocycles. The van der Waals surface area contributed by atoms with Crippen molar-refractivity contribution in [2.45, 2.75) is 0 Å². The van der Waals surface area contributed by atoms with Gasteiger partial charge in [-0.15, -0.1) is 0 Å². The van der Waals surface area contributed by atoms with Crippen molar-refractivity contribution in [1.82, 2.24) is 9.32 Å². The number of aromatic nitrogens is 2. The molecule has 1 unspecified atom stereocenters. The third kappa shape index (κ3) is 1.73. The second kappa shape index (κ2) is 3.99. The Hall–Kier alpha value is -1.41. The number of ether oxygens (including phenoxy) is 1. The number of pyridine rings is 1. The molecule has 0 radical (unpaired) electrons. The van der Waals surface area contributed by atoms with Gasteiger partial charge in [0.2, 0.25) is 0 Å². The first-order valence-corrected chi connectivity index (χ1v) is 5.94. The molecule has 15 heavy (non-hydrogen) atoms. The van der Waals surface area contributed by atoms with Gasteiger partial charge >= 0.3 is 5.97 Å². The van der Waals surface area contributed by atoms with Crippen LogP contribution in [0.25, 0.3) is 11.0 Å². The number of esters is 1. The summed E-state index contributed by atoms with van der Waals surface area (Å²) in [6.45, 7) is 2.08. The molecular weight excluding hydrogens is 211 g/mol. The zero-order valence-corrected chi connectivity index (χ0v) is 9.52. The Morgan fingerprint density at radius 2 is 2.40 bits per heavy atom. The van der Waals surface area contributed by atoms with Gasteiger partial charge in [0.1, 0.15) is 5.65 Å². The molecule has 0 aliphatic heterocycles. The van der Waals surface area contributed by atoms with Crippen LogP contribution in [0.2, 0.25) is 0 Å². The Bertz CT molecular complexity index is 507. The number of rotatable bonds is 2. The maximum absolute atomic E-state index is 11.3. The van der Waals surface area contributed by atoms with Gasteiger partial charge in [-0.1, -0.05) is 0 Å². The molecular formula is C10H11N2O2P. The van der Waals surface area contributed by atoms with E-state index in [4.69, 9.17) is 0 Å². The van der Waals surface area contributed by atoms with Crippen molar-refractivity contribution in [2.75, 3.05) is 13.8 Å². The van der Waals surface area contributed by atoms with Crippen LogP contribution in [0.4, 0.5) is 0 Å². The average Bonchev–Trinajstić information content (AvgIpc) is 2.69. The molecule has 0 N–H and O–H groups in total. The van der Waals surface area contributed by atoms with Gasteiger partial charge in [0.25, 0.3) is 0 Å². The molecule has 78 valence electrons. The Morgan fingerprint density at radius 3 is 3.07 bits per heavy atom. The molecule has 0 bridgehead atoms. The van der Waals surface area contributed by atoms with E-state index in [9.17, 15) is 4.79 Å². The van der Waals surface area contributed by atoms with E-state index in [2.05, 4.69) is 20.7 Å². The first-order valence-electron chi connectivity index (χ1n) is 4.49. The highest BCUT2D eigenvalue weighted by molar-refractivity contribution is 7.35. The summed E-state index contributed by atoms with van der Waals surface area (Å²) in [4.78, 5) is 15.5. The van der Waals surface area contributed by atoms with Crippen molar-refractivity contribution >= 4 is 25.7 Å². The fourth-order valence-corrected chi connectivity index (χ4v) is 2.06. The van der Waals surface area contributed by atoms with Crippen LogP contribution in [0.5, 0.6) is 0 Å². The number of nitrogens with zero attached hydrogens (tertiary/aromatic N) is 2. The van der Waals surface area contributed by atoms with E-state index >= 15 is 0 Å². The SMILES string of the molecule is COC(=O)c1cnc2c(ccn2PC)c1. The lowest BCUT2D eigenvalue weighted by atomic mass is 10.2. The van der Waals surface area contributed by atoms with Crippen LogP contribution in [-0.4, -0.2) is 29.1 Å². The van der Waals surface area contributed by atoms with E-state index < -0.39 is 0 Å². The van der Waals surface area contributed by atoms with Gasteiger partial charge in [-0.25, -0.2) is 9.78 Å². The van der Waals surface area contributed by atoms with Crippen LogP contribution in [0, 0.1) is 0 Å². The summed E-state index contributed by atoms with van der Waals surface area (Å²) in [6.07, 6.45) is 3.52. The Morgan fingerprint density at radius 1 is 1.60 bits per heavy atom. The number of fused-ring (bicyclic) bond motifs is 1. The molecule has 2 aromatic heterocycles. The fraction of sp³-hybridized carbons (Fsp3) is 0.200. The van der Waals surface area contributed by atoms with Crippen LogP contribution in [-0.2, 0) is 4.74 Å². The Labute approximate surface area is 89.1 Å². The summed E-state index contributed by atoms with van der Waals surface area (Å²) in [5.41, 5.74) is 1.39. The van der Waals surface area contributed by atoms with Gasteiger partial charge in [0.15, 0.2) is 0 Å². The van der Waals surface area contributed by atoms with Crippen molar-refractivity contribution < 1.29 is 9.53 Å². The lowest BCUT2D eigenvalue weighted by molar-refractivity contribution is 0.0600. The summed E-state index contributed by atoms with van der Waals surface area (Å²) in [5.74, 6) is -0.351. The van der Waals surface area contributed by atoms with Gasteiger partial charge in [0.05, 0.1) is 12.7 Å². The predicted molar refractivity (Wildman–Crippen MR) is 60.7 cm³/mol. The average molecular weight is 222 g/mol. The second-order valence-electron chi connectivity index (χ2n) is 3.04. The topological polar surface area (TPSA) is 44.1 Å². The Kier molecular flexibility index (Phi) is 2.69. The highest BCUT2D eigenvalue weighted by atomic mass is 31.1.